The van der Waals surface area contributed by atoms with Crippen LogP contribution in [-0.2, 0) is 35.3 Å². The molecule has 2 saturated carbocycles. The van der Waals surface area contributed by atoms with Gasteiger partial charge in [-0.05, 0) is 48.5 Å². The number of esters is 1. The van der Waals surface area contributed by atoms with Crippen LogP contribution in [-0.4, -0.2) is 76.5 Å². The molecular formula is C36H51F2N5O7. The van der Waals surface area contributed by atoms with Crippen molar-refractivity contribution in [2.45, 2.75) is 122 Å². The third-order valence-corrected chi connectivity index (χ3v) is 10.3. The van der Waals surface area contributed by atoms with E-state index < -0.39 is 89.3 Å². The van der Waals surface area contributed by atoms with Gasteiger partial charge in [0.2, 0.25) is 17.6 Å². The van der Waals surface area contributed by atoms with Gasteiger partial charge in [0.05, 0.1) is 6.04 Å². The van der Waals surface area contributed by atoms with E-state index in [1.54, 1.807) is 20.8 Å². The van der Waals surface area contributed by atoms with Gasteiger partial charge in [-0.1, -0.05) is 84.2 Å². The number of rotatable bonds is 13. The van der Waals surface area contributed by atoms with Crippen LogP contribution in [0.3, 0.4) is 0 Å². The highest BCUT2D eigenvalue weighted by atomic mass is 19.3. The summed E-state index contributed by atoms with van der Waals surface area (Å²) in [5.41, 5.74) is 3.82. The summed E-state index contributed by atoms with van der Waals surface area (Å²) in [7, 11) is 0. The van der Waals surface area contributed by atoms with Crippen LogP contribution in [0.15, 0.2) is 30.3 Å². The van der Waals surface area contributed by atoms with E-state index in [9.17, 15) is 37.5 Å². The van der Waals surface area contributed by atoms with Gasteiger partial charge < -0.3 is 31.3 Å². The molecule has 1 aliphatic heterocycles. The minimum Gasteiger partial charge on any atom is -0.459 e. The SMILES string of the molecule is CC(C)[C@@H]1C[C@@H](C(=O)NC(CC2CC2(F)F)C(=O)C(N)=O)N(C(=O)[C@@H](NC(=O)NC2(C(=O)OCc3ccccc3)CCCCC2)C(C)(C)C)C1. The third kappa shape index (κ3) is 9.36. The predicted molar refractivity (Wildman–Crippen MR) is 179 cm³/mol. The summed E-state index contributed by atoms with van der Waals surface area (Å²) < 4.78 is 33.1. The Morgan fingerprint density at radius 1 is 1.00 bits per heavy atom. The van der Waals surface area contributed by atoms with E-state index in [0.29, 0.717) is 25.7 Å². The fourth-order valence-electron chi connectivity index (χ4n) is 6.92. The Morgan fingerprint density at radius 2 is 1.62 bits per heavy atom. The molecule has 14 heteroatoms. The molecule has 0 aromatic heterocycles. The fraction of sp³-hybridized carbons (Fsp3) is 0.667. The van der Waals surface area contributed by atoms with Crippen molar-refractivity contribution in [2.24, 2.45) is 28.9 Å². The quantitative estimate of drug-likeness (QED) is 0.179. The average Bonchev–Trinajstić information content (AvgIpc) is 3.42. The van der Waals surface area contributed by atoms with Crippen LogP contribution in [0.1, 0.15) is 91.5 Å². The maximum atomic E-state index is 14.3. The van der Waals surface area contributed by atoms with Crippen LogP contribution < -0.4 is 21.7 Å². The first kappa shape index (κ1) is 38.7. The number of Topliss-reactive ketones (excluding diaryl/α,β-unsaturated/α-hetero) is 1. The Bertz CT molecular complexity index is 1440. The lowest BCUT2D eigenvalue weighted by Crippen LogP contribution is -2.64. The van der Waals surface area contributed by atoms with E-state index in [1.165, 1.54) is 4.90 Å². The zero-order valence-electron chi connectivity index (χ0n) is 29.6. The molecule has 0 radical (unpaired) electrons. The Hall–Kier alpha value is -4.10. The molecular weight excluding hydrogens is 652 g/mol. The summed E-state index contributed by atoms with van der Waals surface area (Å²) in [4.78, 5) is 80.9. The van der Waals surface area contributed by atoms with Gasteiger partial charge in [-0.3, -0.25) is 19.2 Å². The highest BCUT2D eigenvalue weighted by Crippen LogP contribution is 2.51. The summed E-state index contributed by atoms with van der Waals surface area (Å²) in [6, 6.07) is 4.62. The van der Waals surface area contributed by atoms with Gasteiger partial charge in [-0.25, -0.2) is 18.4 Å². The van der Waals surface area contributed by atoms with Gasteiger partial charge in [-0.2, -0.15) is 0 Å². The van der Waals surface area contributed by atoms with Gasteiger partial charge in [0.25, 0.3) is 11.8 Å². The number of urea groups is 1. The molecule has 3 aliphatic rings. The maximum Gasteiger partial charge on any atom is 0.332 e. The van der Waals surface area contributed by atoms with Crippen LogP contribution >= 0.6 is 0 Å². The van der Waals surface area contributed by atoms with Crippen LogP contribution in [0.25, 0.3) is 0 Å². The van der Waals surface area contributed by atoms with Gasteiger partial charge in [0.1, 0.15) is 24.2 Å². The number of ether oxygens (including phenoxy) is 1. The van der Waals surface area contributed by atoms with E-state index in [1.807, 2.05) is 44.2 Å². The van der Waals surface area contributed by atoms with Crippen molar-refractivity contribution in [1.82, 2.24) is 20.9 Å². The van der Waals surface area contributed by atoms with Gasteiger partial charge in [0, 0.05) is 18.9 Å². The van der Waals surface area contributed by atoms with Gasteiger partial charge >= 0.3 is 12.0 Å². The Morgan fingerprint density at radius 3 is 2.16 bits per heavy atom. The number of likely N-dealkylation sites (tertiary alicyclic amines) is 1. The summed E-state index contributed by atoms with van der Waals surface area (Å²) in [6.45, 7) is 9.34. The molecule has 1 aromatic carbocycles. The number of ketones is 1. The topological polar surface area (TPSA) is 177 Å². The van der Waals surface area contributed by atoms with Crippen molar-refractivity contribution >= 4 is 35.5 Å². The number of hydrogen-bond donors (Lipinski definition) is 4. The molecule has 1 aromatic rings. The van der Waals surface area contributed by atoms with E-state index in [-0.39, 0.29) is 31.4 Å². The number of alkyl halides is 2. The number of amides is 5. The first-order valence-corrected chi connectivity index (χ1v) is 17.5. The molecule has 276 valence electrons. The molecule has 0 bridgehead atoms. The zero-order chi connectivity index (χ0) is 37.0. The predicted octanol–water partition coefficient (Wildman–Crippen LogP) is 3.60. The molecule has 1 heterocycles. The molecule has 5 N–H and O–H groups in total. The molecule has 2 aliphatic carbocycles. The number of carbonyl (C=O) groups excluding carboxylic acids is 6. The molecule has 1 saturated heterocycles. The molecule has 2 unspecified atom stereocenters. The summed E-state index contributed by atoms with van der Waals surface area (Å²) in [5, 5.41) is 8.06. The lowest BCUT2D eigenvalue weighted by atomic mass is 9.81. The normalized spacial score (nSPS) is 23.7. The van der Waals surface area contributed by atoms with Crippen molar-refractivity contribution in [3.63, 3.8) is 0 Å². The number of nitrogens with one attached hydrogen (secondary N) is 3. The van der Waals surface area contributed by atoms with Crippen molar-refractivity contribution in [3.8, 4) is 0 Å². The van der Waals surface area contributed by atoms with Crippen molar-refractivity contribution in [1.29, 1.82) is 0 Å². The van der Waals surface area contributed by atoms with E-state index in [4.69, 9.17) is 10.5 Å². The van der Waals surface area contributed by atoms with Crippen LogP contribution in [0.5, 0.6) is 0 Å². The number of carbonyl (C=O) groups is 6. The first-order valence-electron chi connectivity index (χ1n) is 17.5. The van der Waals surface area contributed by atoms with Crippen LogP contribution in [0.4, 0.5) is 13.6 Å². The molecule has 5 atom stereocenters. The number of benzene rings is 1. The highest BCUT2D eigenvalue weighted by molar-refractivity contribution is 6.37. The van der Waals surface area contributed by atoms with Crippen LogP contribution in [0, 0.1) is 23.2 Å². The molecule has 0 spiro atoms. The first-order chi connectivity index (χ1) is 23.3. The number of halogens is 2. The molecule has 3 fully saturated rings. The third-order valence-electron chi connectivity index (χ3n) is 10.3. The second-order valence-electron chi connectivity index (χ2n) is 15.5. The van der Waals surface area contributed by atoms with E-state index >= 15 is 0 Å². The highest BCUT2D eigenvalue weighted by Gasteiger charge is 2.58. The number of primary amides is 1. The monoisotopic (exact) mass is 703 g/mol. The van der Waals surface area contributed by atoms with Gasteiger partial charge in [-0.15, -0.1) is 0 Å². The second-order valence-corrected chi connectivity index (χ2v) is 15.5. The van der Waals surface area contributed by atoms with E-state index in [2.05, 4.69) is 16.0 Å². The molecule has 5 amide bonds. The van der Waals surface area contributed by atoms with Crippen molar-refractivity contribution in [2.75, 3.05) is 6.54 Å². The largest absolute Gasteiger partial charge is 0.459 e. The smallest absolute Gasteiger partial charge is 0.332 e. The van der Waals surface area contributed by atoms with Gasteiger partial charge in [0.15, 0.2) is 0 Å². The number of nitrogens with two attached hydrogens (primary N) is 1. The molecule has 4 rings (SSSR count). The van der Waals surface area contributed by atoms with Crippen molar-refractivity contribution in [3.05, 3.63) is 35.9 Å². The standard InChI is InChI=1S/C36H51F2N5O7/c1-21(2)23-16-26(30(46)40-25(27(44)29(39)45)17-24-18-36(24,37)38)43(19-23)31(47)28(34(3,4)5)41-33(49)42-35(14-10-7-11-15-35)32(48)50-20-22-12-8-6-9-13-22/h6,8-9,12-13,21,23-26,28H,7,10-11,14-20H2,1-5H3,(H2,39,45)(H,40,46)(H2,41,42,49)/t23-,24?,25?,26+,28-/m1/s1. The molecule has 12 nitrogen and oxygen atoms in total. The Balaban J connectivity index is 1.52. The van der Waals surface area contributed by atoms with Crippen LogP contribution in [0.2, 0.25) is 0 Å². The van der Waals surface area contributed by atoms with Crippen molar-refractivity contribution < 1.29 is 42.3 Å². The number of nitrogens with zero attached hydrogens (tertiary/aromatic N) is 1. The summed E-state index contributed by atoms with van der Waals surface area (Å²) in [6.07, 6.45) is 2.30. The van der Waals surface area contributed by atoms with E-state index in [0.717, 1.165) is 12.0 Å². The zero-order valence-corrected chi connectivity index (χ0v) is 29.6. The second kappa shape index (κ2) is 15.4. The summed E-state index contributed by atoms with van der Waals surface area (Å²) >= 11 is 0. The molecule has 50 heavy (non-hydrogen) atoms. The maximum absolute atomic E-state index is 14.3. The Labute approximate surface area is 292 Å². The Kier molecular flexibility index (Phi) is 11.9. The summed E-state index contributed by atoms with van der Waals surface area (Å²) in [5.74, 6) is -8.72. The fourth-order valence-corrected chi connectivity index (χ4v) is 6.92. The number of hydrogen-bond acceptors (Lipinski definition) is 7. The lowest BCUT2D eigenvalue weighted by molar-refractivity contribution is -0.154. The minimum atomic E-state index is -3.00. The minimum absolute atomic E-state index is 0.0399. The lowest BCUT2D eigenvalue weighted by Gasteiger charge is -2.38. The average molecular weight is 704 g/mol.